The van der Waals surface area contributed by atoms with E-state index in [-0.39, 0.29) is 0 Å². The summed E-state index contributed by atoms with van der Waals surface area (Å²) < 4.78 is 1.86. The zero-order valence-corrected chi connectivity index (χ0v) is 13.4. The molecule has 1 saturated carbocycles. The number of pyridine rings is 1. The fraction of sp³-hybridized carbons (Fsp3) is 0.278. The summed E-state index contributed by atoms with van der Waals surface area (Å²) in [6.07, 6.45) is 10.3. The van der Waals surface area contributed by atoms with E-state index >= 15 is 0 Å². The van der Waals surface area contributed by atoms with Crippen LogP contribution < -0.4 is 5.32 Å². The first-order chi connectivity index (χ1) is 11.8. The van der Waals surface area contributed by atoms with Crippen LogP contribution in [-0.2, 0) is 0 Å². The summed E-state index contributed by atoms with van der Waals surface area (Å²) in [6, 6.07) is 6.61. The van der Waals surface area contributed by atoms with Crippen LogP contribution in [0.2, 0.25) is 0 Å². The highest BCUT2D eigenvalue weighted by Gasteiger charge is 2.28. The van der Waals surface area contributed by atoms with Crippen molar-refractivity contribution >= 4 is 22.5 Å². The summed E-state index contributed by atoms with van der Waals surface area (Å²) in [4.78, 5) is 12.4. The minimum absolute atomic E-state index is 0.432. The van der Waals surface area contributed by atoms with Crippen LogP contribution in [0.4, 0.5) is 5.95 Å². The number of hydrogen-bond acceptors (Lipinski definition) is 4. The summed E-state index contributed by atoms with van der Waals surface area (Å²) in [6.45, 7) is 2.20. The predicted octanol–water partition coefficient (Wildman–Crippen LogP) is 3.48. The monoisotopic (exact) mass is 318 g/mol. The number of aromatic amines is 1. The summed E-state index contributed by atoms with van der Waals surface area (Å²) in [5.74, 6) is 1.47. The van der Waals surface area contributed by atoms with Gasteiger partial charge in [0.15, 0.2) is 0 Å². The quantitative estimate of drug-likeness (QED) is 0.604. The zero-order chi connectivity index (χ0) is 16.1. The van der Waals surface area contributed by atoms with Crippen LogP contribution in [0.25, 0.3) is 27.7 Å². The fourth-order valence-electron chi connectivity index (χ4n) is 3.22. The van der Waals surface area contributed by atoms with Gasteiger partial charge in [-0.3, -0.25) is 0 Å². The molecule has 24 heavy (non-hydrogen) atoms. The van der Waals surface area contributed by atoms with Gasteiger partial charge in [-0.25, -0.2) is 9.50 Å². The van der Waals surface area contributed by atoms with E-state index in [1.54, 1.807) is 6.20 Å². The smallest absolute Gasteiger partial charge is 0.224 e. The van der Waals surface area contributed by atoms with E-state index in [4.69, 9.17) is 0 Å². The van der Waals surface area contributed by atoms with E-state index < -0.39 is 0 Å². The van der Waals surface area contributed by atoms with Gasteiger partial charge in [0, 0.05) is 41.8 Å². The van der Waals surface area contributed by atoms with Crippen molar-refractivity contribution in [3.05, 3.63) is 43.0 Å². The van der Waals surface area contributed by atoms with Crippen molar-refractivity contribution < 1.29 is 0 Å². The number of H-pyrrole nitrogens is 1. The van der Waals surface area contributed by atoms with Crippen molar-refractivity contribution in [2.45, 2.75) is 25.8 Å². The number of nitrogens with zero attached hydrogens (tertiary/aromatic N) is 4. The van der Waals surface area contributed by atoms with Gasteiger partial charge in [-0.1, -0.05) is 0 Å². The second-order valence-corrected chi connectivity index (χ2v) is 6.54. The van der Waals surface area contributed by atoms with Gasteiger partial charge in [-0.2, -0.15) is 10.1 Å². The van der Waals surface area contributed by atoms with Crippen molar-refractivity contribution in [2.24, 2.45) is 5.92 Å². The molecule has 1 aliphatic rings. The maximum Gasteiger partial charge on any atom is 0.224 e. The summed E-state index contributed by atoms with van der Waals surface area (Å²) in [5, 5.41) is 8.68. The molecule has 0 unspecified atom stereocenters. The van der Waals surface area contributed by atoms with E-state index in [1.165, 1.54) is 12.8 Å². The van der Waals surface area contributed by atoms with Crippen LogP contribution in [0, 0.1) is 5.92 Å². The Balaban J connectivity index is 1.52. The normalized spacial score (nSPS) is 15.9. The molecule has 2 N–H and O–H groups in total. The van der Waals surface area contributed by atoms with Gasteiger partial charge in [-0.05, 0) is 49.4 Å². The first-order valence-corrected chi connectivity index (χ1v) is 8.32. The average molecular weight is 318 g/mol. The second-order valence-electron chi connectivity index (χ2n) is 6.54. The fourth-order valence-corrected chi connectivity index (χ4v) is 3.22. The van der Waals surface area contributed by atoms with Crippen LogP contribution in [0.3, 0.4) is 0 Å². The lowest BCUT2D eigenvalue weighted by Crippen LogP contribution is -2.18. The Kier molecular flexibility index (Phi) is 2.85. The molecule has 120 valence electrons. The van der Waals surface area contributed by atoms with E-state index in [9.17, 15) is 0 Å². The molecule has 1 aliphatic carbocycles. The van der Waals surface area contributed by atoms with Gasteiger partial charge < -0.3 is 10.3 Å². The Labute approximate surface area is 138 Å². The Morgan fingerprint density at radius 2 is 2.25 bits per heavy atom. The van der Waals surface area contributed by atoms with Gasteiger partial charge in [0.2, 0.25) is 5.95 Å². The average Bonchev–Trinajstić information content (AvgIpc) is 3.20. The third-order valence-electron chi connectivity index (χ3n) is 4.83. The maximum atomic E-state index is 4.63. The van der Waals surface area contributed by atoms with Crippen molar-refractivity contribution in [1.29, 1.82) is 0 Å². The van der Waals surface area contributed by atoms with Gasteiger partial charge in [0.25, 0.3) is 0 Å². The van der Waals surface area contributed by atoms with Crippen LogP contribution in [0.15, 0.2) is 43.0 Å². The standard InChI is InChI=1S/C18H18N6/c1-11(12-2-3-12)22-18-20-10-16-15(9-19-17(16)23-18)13-5-7-24-14(8-13)4-6-21-24/h4-12H,2-3H2,1H3,(H2,19,20,22,23)/t11-/m1/s1. The van der Waals surface area contributed by atoms with Gasteiger partial charge >= 0.3 is 0 Å². The second kappa shape index (κ2) is 5.06. The molecule has 6 nitrogen and oxygen atoms in total. The zero-order valence-electron chi connectivity index (χ0n) is 13.4. The lowest BCUT2D eigenvalue weighted by molar-refractivity contribution is 0.687. The topological polar surface area (TPSA) is 70.9 Å². The number of hydrogen-bond donors (Lipinski definition) is 2. The highest BCUT2D eigenvalue weighted by Crippen LogP contribution is 2.34. The first kappa shape index (κ1) is 13.5. The Morgan fingerprint density at radius 1 is 1.33 bits per heavy atom. The van der Waals surface area contributed by atoms with Gasteiger partial charge in [-0.15, -0.1) is 0 Å². The molecule has 0 spiro atoms. The van der Waals surface area contributed by atoms with E-state index in [0.29, 0.717) is 12.0 Å². The van der Waals surface area contributed by atoms with Crippen LogP contribution >= 0.6 is 0 Å². The molecule has 5 rings (SSSR count). The molecule has 1 atom stereocenters. The molecule has 4 aromatic heterocycles. The van der Waals surface area contributed by atoms with Crippen molar-refractivity contribution in [3.8, 4) is 11.1 Å². The molecule has 0 aliphatic heterocycles. The minimum atomic E-state index is 0.432. The highest BCUT2D eigenvalue weighted by molar-refractivity contribution is 5.94. The molecule has 0 saturated heterocycles. The Hall–Kier alpha value is -2.89. The molecule has 1 fully saturated rings. The summed E-state index contributed by atoms with van der Waals surface area (Å²) >= 11 is 0. The molecule has 0 amide bonds. The number of fused-ring (bicyclic) bond motifs is 2. The highest BCUT2D eigenvalue weighted by atomic mass is 15.2. The third-order valence-corrected chi connectivity index (χ3v) is 4.83. The third kappa shape index (κ3) is 2.22. The Morgan fingerprint density at radius 3 is 3.12 bits per heavy atom. The largest absolute Gasteiger partial charge is 0.351 e. The lowest BCUT2D eigenvalue weighted by Gasteiger charge is -2.12. The van der Waals surface area contributed by atoms with Crippen molar-refractivity contribution in [2.75, 3.05) is 5.32 Å². The molecule has 0 radical (unpaired) electrons. The number of rotatable bonds is 4. The summed E-state index contributed by atoms with van der Waals surface area (Å²) in [5.41, 5.74) is 4.17. The van der Waals surface area contributed by atoms with Gasteiger partial charge in [0.1, 0.15) is 5.65 Å². The molecule has 4 heterocycles. The number of anilines is 1. The predicted molar refractivity (Wildman–Crippen MR) is 93.9 cm³/mol. The number of nitrogens with one attached hydrogen (secondary N) is 2. The van der Waals surface area contributed by atoms with E-state index in [1.807, 2.05) is 29.2 Å². The molecular formula is C18H18N6. The Bertz CT molecular complexity index is 1030. The van der Waals surface area contributed by atoms with Crippen molar-refractivity contribution in [1.82, 2.24) is 24.6 Å². The van der Waals surface area contributed by atoms with Crippen molar-refractivity contribution in [3.63, 3.8) is 0 Å². The van der Waals surface area contributed by atoms with E-state index in [2.05, 4.69) is 44.4 Å². The first-order valence-electron chi connectivity index (χ1n) is 8.32. The molecular weight excluding hydrogens is 300 g/mol. The number of aromatic nitrogens is 5. The van der Waals surface area contributed by atoms with E-state index in [0.717, 1.165) is 33.6 Å². The maximum absolute atomic E-state index is 4.63. The molecule has 0 aromatic carbocycles. The minimum Gasteiger partial charge on any atom is -0.351 e. The molecule has 4 aromatic rings. The van der Waals surface area contributed by atoms with Crippen LogP contribution in [0.5, 0.6) is 0 Å². The van der Waals surface area contributed by atoms with Gasteiger partial charge in [0.05, 0.1) is 5.52 Å². The lowest BCUT2D eigenvalue weighted by atomic mass is 10.1. The molecule has 6 heteroatoms. The molecule has 0 bridgehead atoms. The van der Waals surface area contributed by atoms with Crippen LogP contribution in [-0.4, -0.2) is 30.6 Å². The van der Waals surface area contributed by atoms with Crippen LogP contribution in [0.1, 0.15) is 19.8 Å². The SMILES string of the molecule is C[C@@H](Nc1ncc2c(-c3ccn4nccc4c3)c[nH]c2n1)C1CC1. The summed E-state index contributed by atoms with van der Waals surface area (Å²) in [7, 11) is 0.